The maximum absolute atomic E-state index is 12.3. The molecule has 0 N–H and O–H groups in total. The normalized spacial score (nSPS) is 25.8. The average Bonchev–Trinajstić information content (AvgIpc) is 2.51. The third-order valence-electron chi connectivity index (χ3n) is 4.39. The summed E-state index contributed by atoms with van der Waals surface area (Å²) in [5, 5.41) is -1.16. The van der Waals surface area contributed by atoms with Crippen LogP contribution in [0.1, 0.15) is 30.6 Å². The fourth-order valence-corrected chi connectivity index (χ4v) is 3.39. The van der Waals surface area contributed by atoms with E-state index in [1.54, 1.807) is 12.1 Å². The maximum Gasteiger partial charge on any atom is 0.337 e. The van der Waals surface area contributed by atoms with E-state index >= 15 is 0 Å². The standard InChI is InChI=1S/C14H23B5O4/c1-11(2)22-12(15,14(18,19)23-11)8-13(16,17)21-10(20)9-6-4-3-5-7-9/h3-7H,8,15-19H2,1-2H3/t12-/m0/s1. The molecule has 1 atom stereocenters. The van der Waals surface area contributed by atoms with Gasteiger partial charge in [-0.15, -0.1) is 0 Å². The maximum atomic E-state index is 12.3. The molecule has 9 heteroatoms. The first-order chi connectivity index (χ1) is 10.4. The third-order valence-corrected chi connectivity index (χ3v) is 4.39. The van der Waals surface area contributed by atoms with E-state index in [-0.39, 0.29) is 5.97 Å². The van der Waals surface area contributed by atoms with E-state index in [2.05, 4.69) is 0 Å². The van der Waals surface area contributed by atoms with E-state index < -0.39 is 22.1 Å². The van der Waals surface area contributed by atoms with E-state index in [4.69, 9.17) is 14.2 Å². The fourth-order valence-electron chi connectivity index (χ4n) is 3.39. The van der Waals surface area contributed by atoms with E-state index in [0.29, 0.717) is 12.0 Å². The predicted molar refractivity (Wildman–Crippen MR) is 104 cm³/mol. The van der Waals surface area contributed by atoms with E-state index in [1.807, 2.05) is 71.3 Å². The molecule has 1 aliphatic rings. The van der Waals surface area contributed by atoms with Crippen LogP contribution in [0.5, 0.6) is 0 Å². The van der Waals surface area contributed by atoms with Gasteiger partial charge in [0.05, 0.1) is 11.1 Å². The van der Waals surface area contributed by atoms with Crippen LogP contribution in [0.15, 0.2) is 30.3 Å². The Bertz CT molecular complexity index is 590. The van der Waals surface area contributed by atoms with Crippen LogP contribution in [0.3, 0.4) is 0 Å². The Morgan fingerprint density at radius 1 is 1.13 bits per heavy atom. The van der Waals surface area contributed by atoms with Crippen molar-refractivity contribution in [1.29, 1.82) is 0 Å². The van der Waals surface area contributed by atoms with Gasteiger partial charge in [-0.25, -0.2) is 4.79 Å². The molecular weight excluding hydrogens is 286 g/mol. The first-order valence-corrected chi connectivity index (χ1v) is 8.05. The number of carbonyl (C=O) groups is 1. The van der Waals surface area contributed by atoms with Crippen molar-refractivity contribution in [2.45, 2.75) is 42.4 Å². The Morgan fingerprint density at radius 2 is 1.70 bits per heavy atom. The molecule has 1 fully saturated rings. The van der Waals surface area contributed by atoms with Gasteiger partial charge in [0.15, 0.2) is 5.79 Å². The van der Waals surface area contributed by atoms with E-state index in [9.17, 15) is 4.79 Å². The Morgan fingerprint density at radius 3 is 2.17 bits per heavy atom. The summed E-state index contributed by atoms with van der Waals surface area (Å²) in [4.78, 5) is 12.3. The van der Waals surface area contributed by atoms with Crippen LogP contribution in [0.4, 0.5) is 0 Å². The van der Waals surface area contributed by atoms with E-state index in [1.165, 1.54) is 0 Å². The first-order valence-electron chi connectivity index (χ1n) is 8.05. The van der Waals surface area contributed by atoms with Gasteiger partial charge in [-0.2, -0.15) is 0 Å². The molecule has 4 nitrogen and oxygen atoms in total. The Hall–Kier alpha value is -1.07. The predicted octanol–water partition coefficient (Wildman–Crippen LogP) is -2.81. The van der Waals surface area contributed by atoms with Crippen molar-refractivity contribution in [1.82, 2.24) is 0 Å². The fraction of sp³-hybridized carbons (Fsp3) is 0.500. The molecule has 1 aliphatic heterocycles. The number of carbonyl (C=O) groups excluding carboxylic acids is 1. The summed E-state index contributed by atoms with van der Waals surface area (Å²) in [5.41, 5.74) is -0.00865. The topological polar surface area (TPSA) is 44.8 Å². The quantitative estimate of drug-likeness (QED) is 0.445. The molecule has 1 saturated heterocycles. The van der Waals surface area contributed by atoms with Crippen LogP contribution >= 0.6 is 0 Å². The lowest BCUT2D eigenvalue weighted by molar-refractivity contribution is -0.152. The minimum absolute atomic E-state index is 0.324. The number of benzene rings is 1. The average molecular weight is 309 g/mol. The molecule has 1 aromatic rings. The summed E-state index contributed by atoms with van der Waals surface area (Å²) >= 11 is 0. The first kappa shape index (κ1) is 18.3. The second kappa shape index (κ2) is 5.78. The third kappa shape index (κ3) is 4.07. The van der Waals surface area contributed by atoms with Crippen molar-refractivity contribution >= 4 is 45.2 Å². The lowest BCUT2D eigenvalue weighted by atomic mass is 9.44. The molecule has 0 radical (unpaired) electrons. The minimum Gasteiger partial charge on any atom is -0.474 e. The van der Waals surface area contributed by atoms with Gasteiger partial charge in [0.25, 0.3) is 0 Å². The molecule has 0 aromatic heterocycles. The zero-order valence-electron chi connectivity index (χ0n) is 15.2. The van der Waals surface area contributed by atoms with Gasteiger partial charge in [0, 0.05) is 10.8 Å². The largest absolute Gasteiger partial charge is 0.474 e. The zero-order chi connectivity index (χ0) is 17.5. The Labute approximate surface area is 143 Å². The lowest BCUT2D eigenvalue weighted by Gasteiger charge is -2.41. The Balaban J connectivity index is 2.13. The summed E-state index contributed by atoms with van der Waals surface area (Å²) in [7, 11) is 9.85. The molecule has 1 aromatic carbocycles. The molecule has 0 saturated carbocycles. The van der Waals surface area contributed by atoms with Gasteiger partial charge >= 0.3 is 5.97 Å². The second-order valence-corrected chi connectivity index (χ2v) is 8.04. The van der Waals surface area contributed by atoms with Gasteiger partial charge < -0.3 is 14.2 Å². The van der Waals surface area contributed by atoms with Crippen molar-refractivity contribution in [2.75, 3.05) is 0 Å². The molecule has 0 bridgehead atoms. The molecule has 0 amide bonds. The molecule has 0 unspecified atom stereocenters. The molecule has 118 valence electrons. The van der Waals surface area contributed by atoms with Gasteiger partial charge in [-0.05, 0) is 32.4 Å². The number of rotatable bonds is 4. The molecule has 0 aliphatic carbocycles. The van der Waals surface area contributed by atoms with Crippen LogP contribution in [0.25, 0.3) is 0 Å². The highest BCUT2D eigenvalue weighted by Crippen LogP contribution is 2.42. The van der Waals surface area contributed by atoms with Crippen molar-refractivity contribution in [3.05, 3.63) is 35.9 Å². The van der Waals surface area contributed by atoms with Crippen molar-refractivity contribution in [3.63, 3.8) is 0 Å². The SMILES string of the molecule is BC(B)(C[C@]1(B)OC(C)(C)OC1(B)B)OC(=O)c1ccccc1. The highest BCUT2D eigenvalue weighted by atomic mass is 16.8. The smallest absolute Gasteiger partial charge is 0.337 e. The summed E-state index contributed by atoms with van der Waals surface area (Å²) in [5.74, 6) is -0.979. The highest BCUT2D eigenvalue weighted by Gasteiger charge is 2.56. The number of hydrogen-bond acceptors (Lipinski definition) is 4. The van der Waals surface area contributed by atoms with Gasteiger partial charge in [-0.1, -0.05) is 18.2 Å². The Kier molecular flexibility index (Phi) is 4.59. The lowest BCUT2D eigenvalue weighted by Crippen LogP contribution is -2.58. The van der Waals surface area contributed by atoms with Crippen LogP contribution in [-0.2, 0) is 14.2 Å². The summed E-state index contributed by atoms with van der Waals surface area (Å²) in [6.07, 6.45) is 0.537. The molecule has 23 heavy (non-hydrogen) atoms. The number of hydrogen-bond donors (Lipinski definition) is 0. The van der Waals surface area contributed by atoms with Crippen molar-refractivity contribution in [3.8, 4) is 0 Å². The molecular formula is C14H23B5O4. The monoisotopic (exact) mass is 310 g/mol. The van der Waals surface area contributed by atoms with Crippen LogP contribution in [0.2, 0.25) is 0 Å². The summed E-state index contributed by atoms with van der Waals surface area (Å²) in [6.45, 7) is 3.81. The number of ether oxygens (including phenoxy) is 3. The van der Waals surface area contributed by atoms with Crippen LogP contribution < -0.4 is 0 Å². The van der Waals surface area contributed by atoms with Crippen molar-refractivity contribution < 1.29 is 19.0 Å². The molecule has 0 spiro atoms. The van der Waals surface area contributed by atoms with Gasteiger partial charge in [0.1, 0.15) is 39.2 Å². The van der Waals surface area contributed by atoms with Crippen LogP contribution in [0, 0.1) is 0 Å². The molecule has 1 heterocycles. The van der Waals surface area contributed by atoms with E-state index in [0.717, 1.165) is 0 Å². The zero-order valence-corrected chi connectivity index (χ0v) is 15.2. The second-order valence-electron chi connectivity index (χ2n) is 8.04. The summed E-state index contributed by atoms with van der Waals surface area (Å²) < 4.78 is 17.9. The molecule has 2 rings (SSSR count). The van der Waals surface area contributed by atoms with Gasteiger partial charge in [-0.3, -0.25) is 0 Å². The van der Waals surface area contributed by atoms with Crippen LogP contribution in [-0.4, -0.2) is 67.3 Å². The van der Waals surface area contributed by atoms with Crippen molar-refractivity contribution in [2.24, 2.45) is 0 Å². The number of esters is 1. The minimum atomic E-state index is -0.678. The highest BCUT2D eigenvalue weighted by molar-refractivity contribution is 6.45. The summed E-state index contributed by atoms with van der Waals surface area (Å²) in [6, 6.07) is 9.02. The van der Waals surface area contributed by atoms with Gasteiger partial charge in [0.2, 0.25) is 0 Å².